The number of rotatable bonds is 2. The third kappa shape index (κ3) is 2.22. The molecule has 0 saturated carbocycles. The average molecular weight is 233 g/mol. The molecule has 0 aliphatic rings. The van der Waals surface area contributed by atoms with E-state index in [9.17, 15) is 4.39 Å². The molecule has 0 aliphatic heterocycles. The van der Waals surface area contributed by atoms with Gasteiger partial charge in [-0.1, -0.05) is 12.1 Å². The number of nitrogens with two attached hydrogens (primary N) is 1. The Hall–Kier alpha value is -1.68. The minimum absolute atomic E-state index is 0.205. The number of halogens is 1. The number of aryl methyl sites for hydroxylation is 3. The highest BCUT2D eigenvalue weighted by Crippen LogP contribution is 2.23. The first kappa shape index (κ1) is 11.8. The molecule has 0 saturated heterocycles. The third-order valence-corrected chi connectivity index (χ3v) is 2.93. The molecule has 17 heavy (non-hydrogen) atoms. The number of nitrogens with zero attached hydrogens (tertiary/aromatic N) is 2. The van der Waals surface area contributed by atoms with Gasteiger partial charge in [0.15, 0.2) is 0 Å². The number of hydrogen-bond donors (Lipinski definition) is 1. The first-order valence-corrected chi connectivity index (χ1v) is 5.51. The molecular weight excluding hydrogens is 217 g/mol. The molecule has 0 aliphatic carbocycles. The lowest BCUT2D eigenvalue weighted by Gasteiger charge is -2.12. The van der Waals surface area contributed by atoms with Crippen LogP contribution >= 0.6 is 0 Å². The minimum atomic E-state index is -0.261. The van der Waals surface area contributed by atoms with Crippen LogP contribution in [-0.2, 0) is 7.05 Å². The van der Waals surface area contributed by atoms with Crippen molar-refractivity contribution in [3.63, 3.8) is 0 Å². The van der Waals surface area contributed by atoms with Crippen LogP contribution in [-0.4, -0.2) is 9.78 Å². The van der Waals surface area contributed by atoms with Crippen molar-refractivity contribution in [2.24, 2.45) is 12.8 Å². The highest BCUT2D eigenvalue weighted by atomic mass is 19.1. The lowest BCUT2D eigenvalue weighted by molar-refractivity contribution is 0.617. The van der Waals surface area contributed by atoms with Crippen molar-refractivity contribution in [2.75, 3.05) is 0 Å². The maximum atomic E-state index is 13.2. The van der Waals surface area contributed by atoms with Gasteiger partial charge < -0.3 is 5.73 Å². The Balaban J connectivity index is 2.40. The Kier molecular flexibility index (Phi) is 2.98. The molecule has 4 heteroatoms. The van der Waals surface area contributed by atoms with E-state index in [1.54, 1.807) is 23.7 Å². The third-order valence-electron chi connectivity index (χ3n) is 2.93. The smallest absolute Gasteiger partial charge is 0.126 e. The molecule has 0 fully saturated rings. The normalized spacial score (nSPS) is 12.8. The fourth-order valence-electron chi connectivity index (χ4n) is 1.96. The lowest BCUT2D eigenvalue weighted by atomic mass is 9.99. The molecule has 90 valence electrons. The van der Waals surface area contributed by atoms with Gasteiger partial charge in [0.1, 0.15) is 5.82 Å². The van der Waals surface area contributed by atoms with Crippen LogP contribution in [0.3, 0.4) is 0 Å². The van der Waals surface area contributed by atoms with Crippen LogP contribution in [0.15, 0.2) is 24.4 Å². The second kappa shape index (κ2) is 4.30. The van der Waals surface area contributed by atoms with E-state index in [2.05, 4.69) is 5.10 Å². The first-order chi connectivity index (χ1) is 7.99. The summed E-state index contributed by atoms with van der Waals surface area (Å²) in [4.78, 5) is 0. The summed E-state index contributed by atoms with van der Waals surface area (Å²) in [6.45, 7) is 3.66. The maximum Gasteiger partial charge on any atom is 0.126 e. The summed E-state index contributed by atoms with van der Waals surface area (Å²) in [5.74, 6) is -0.205. The van der Waals surface area contributed by atoms with E-state index in [0.29, 0.717) is 5.56 Å². The Morgan fingerprint density at radius 2 is 2.06 bits per heavy atom. The molecule has 0 amide bonds. The van der Waals surface area contributed by atoms with E-state index < -0.39 is 0 Å². The molecule has 0 bridgehead atoms. The summed E-state index contributed by atoms with van der Waals surface area (Å²) in [6, 6.07) is 4.70. The molecule has 1 atom stereocenters. The van der Waals surface area contributed by atoms with Crippen molar-refractivity contribution in [3.8, 4) is 0 Å². The fraction of sp³-hybridized carbons (Fsp3) is 0.308. The molecule has 3 nitrogen and oxygen atoms in total. The topological polar surface area (TPSA) is 43.8 Å². The quantitative estimate of drug-likeness (QED) is 0.864. The Morgan fingerprint density at radius 3 is 2.59 bits per heavy atom. The molecule has 1 unspecified atom stereocenters. The highest BCUT2D eigenvalue weighted by molar-refractivity contribution is 5.34. The molecule has 0 spiro atoms. The Labute approximate surface area is 100 Å². The van der Waals surface area contributed by atoms with Crippen molar-refractivity contribution < 1.29 is 4.39 Å². The van der Waals surface area contributed by atoms with Gasteiger partial charge in [0, 0.05) is 18.8 Å². The van der Waals surface area contributed by atoms with Crippen molar-refractivity contribution in [2.45, 2.75) is 19.9 Å². The average Bonchev–Trinajstić information content (AvgIpc) is 2.61. The molecule has 2 rings (SSSR count). The van der Waals surface area contributed by atoms with Gasteiger partial charge in [0.05, 0.1) is 11.7 Å². The molecule has 2 N–H and O–H groups in total. The van der Waals surface area contributed by atoms with E-state index in [-0.39, 0.29) is 11.9 Å². The number of aromatic nitrogens is 2. The van der Waals surface area contributed by atoms with Gasteiger partial charge in [-0.2, -0.15) is 5.10 Å². The van der Waals surface area contributed by atoms with Gasteiger partial charge in [-0.3, -0.25) is 4.68 Å². The predicted molar refractivity (Wildman–Crippen MR) is 65.1 cm³/mol. The summed E-state index contributed by atoms with van der Waals surface area (Å²) in [5, 5.41) is 4.26. The predicted octanol–water partition coefficient (Wildman–Crippen LogP) is 2.22. The van der Waals surface area contributed by atoms with Crippen LogP contribution in [0, 0.1) is 19.7 Å². The molecular formula is C13H16FN3. The van der Waals surface area contributed by atoms with E-state index in [4.69, 9.17) is 5.73 Å². The van der Waals surface area contributed by atoms with Crippen LogP contribution in [0.5, 0.6) is 0 Å². The van der Waals surface area contributed by atoms with Crippen LogP contribution in [0.4, 0.5) is 4.39 Å². The molecule has 1 heterocycles. The summed E-state index contributed by atoms with van der Waals surface area (Å²) in [6.07, 6.45) is 1.90. The number of benzene rings is 1. The first-order valence-electron chi connectivity index (χ1n) is 5.51. The second-order valence-electron chi connectivity index (χ2n) is 4.33. The largest absolute Gasteiger partial charge is 0.320 e. The highest BCUT2D eigenvalue weighted by Gasteiger charge is 2.15. The lowest BCUT2D eigenvalue weighted by Crippen LogP contribution is -2.12. The van der Waals surface area contributed by atoms with E-state index in [1.807, 2.05) is 20.2 Å². The van der Waals surface area contributed by atoms with Gasteiger partial charge in [0.2, 0.25) is 0 Å². The van der Waals surface area contributed by atoms with Gasteiger partial charge in [-0.05, 0) is 31.0 Å². The van der Waals surface area contributed by atoms with E-state index in [1.165, 1.54) is 6.07 Å². The Bertz CT molecular complexity index is 546. The molecule has 0 radical (unpaired) electrons. The summed E-state index contributed by atoms with van der Waals surface area (Å²) in [7, 11) is 1.86. The summed E-state index contributed by atoms with van der Waals surface area (Å²) < 4.78 is 14.9. The van der Waals surface area contributed by atoms with Gasteiger partial charge in [0.25, 0.3) is 0 Å². The van der Waals surface area contributed by atoms with E-state index >= 15 is 0 Å². The molecule has 1 aromatic heterocycles. The maximum absolute atomic E-state index is 13.2. The standard InChI is InChI=1S/C13H16FN3/c1-8-6-10(4-5-12(8)14)13(15)11-7-17(3)16-9(11)2/h4-7,13H,15H2,1-3H3. The minimum Gasteiger partial charge on any atom is -0.320 e. The van der Waals surface area contributed by atoms with Crippen molar-refractivity contribution in [1.29, 1.82) is 0 Å². The van der Waals surface area contributed by atoms with Gasteiger partial charge in [-0.25, -0.2) is 4.39 Å². The second-order valence-corrected chi connectivity index (χ2v) is 4.33. The van der Waals surface area contributed by atoms with Crippen molar-refractivity contribution in [3.05, 3.63) is 52.6 Å². The summed E-state index contributed by atoms with van der Waals surface area (Å²) >= 11 is 0. The monoisotopic (exact) mass is 233 g/mol. The van der Waals surface area contributed by atoms with E-state index in [0.717, 1.165) is 16.8 Å². The van der Waals surface area contributed by atoms with Crippen LogP contribution in [0.1, 0.15) is 28.4 Å². The van der Waals surface area contributed by atoms with Crippen molar-refractivity contribution in [1.82, 2.24) is 9.78 Å². The van der Waals surface area contributed by atoms with Gasteiger partial charge >= 0.3 is 0 Å². The fourth-order valence-corrected chi connectivity index (χ4v) is 1.96. The zero-order valence-corrected chi connectivity index (χ0v) is 10.2. The van der Waals surface area contributed by atoms with Gasteiger partial charge in [-0.15, -0.1) is 0 Å². The molecule has 1 aromatic carbocycles. The van der Waals surface area contributed by atoms with Crippen LogP contribution < -0.4 is 5.73 Å². The van der Waals surface area contributed by atoms with Crippen LogP contribution in [0.25, 0.3) is 0 Å². The zero-order valence-electron chi connectivity index (χ0n) is 10.2. The van der Waals surface area contributed by atoms with Crippen LogP contribution in [0.2, 0.25) is 0 Å². The molecule has 2 aromatic rings. The number of hydrogen-bond acceptors (Lipinski definition) is 2. The Morgan fingerprint density at radius 1 is 1.35 bits per heavy atom. The summed E-state index contributed by atoms with van der Waals surface area (Å²) in [5.41, 5.74) is 9.56. The zero-order chi connectivity index (χ0) is 12.6. The van der Waals surface area contributed by atoms with Crippen molar-refractivity contribution >= 4 is 0 Å². The SMILES string of the molecule is Cc1cc(C(N)c2cn(C)nc2C)ccc1F.